The lowest BCUT2D eigenvalue weighted by atomic mass is 10.0. The van der Waals surface area contributed by atoms with Gasteiger partial charge in [-0.2, -0.15) is 21.0 Å². The maximum absolute atomic E-state index is 14.7. The van der Waals surface area contributed by atoms with Crippen molar-refractivity contribution in [1.29, 1.82) is 21.0 Å². The molecule has 8 heterocycles. The van der Waals surface area contributed by atoms with Crippen LogP contribution in [0.1, 0.15) is 117 Å². The smallest absolute Gasteiger partial charge is 0.301 e. The van der Waals surface area contributed by atoms with Crippen LogP contribution >= 0.6 is 0 Å². The lowest BCUT2D eigenvalue weighted by Crippen LogP contribution is -2.57. The van der Waals surface area contributed by atoms with Crippen molar-refractivity contribution in [1.82, 2.24) is 29.9 Å². The van der Waals surface area contributed by atoms with E-state index in [9.17, 15) is 77.6 Å². The average molecular weight is 1750 g/mol. The van der Waals surface area contributed by atoms with Crippen molar-refractivity contribution in [2.45, 2.75) is 139 Å². The Bertz CT molecular complexity index is 5760. The molecule has 4 saturated carbocycles. The van der Waals surface area contributed by atoms with Crippen molar-refractivity contribution >= 4 is 64.0 Å². The number of amides is 6. The van der Waals surface area contributed by atoms with Crippen LogP contribution in [0.2, 0.25) is 0 Å². The third kappa shape index (κ3) is 23.1. The number of aliphatic hydroxyl groups excluding tert-OH is 4. The molecule has 8 aliphatic rings. The number of carbonyl (C=O) groups is 6. The number of aryl methyl sites for hydroxylation is 1. The number of benzene rings is 5. The van der Waals surface area contributed by atoms with Gasteiger partial charge in [0.05, 0.1) is 90.5 Å². The molecule has 9 atom stereocenters. The highest BCUT2D eigenvalue weighted by molar-refractivity contribution is 5.97. The van der Waals surface area contributed by atoms with Gasteiger partial charge in [0.1, 0.15) is 71.5 Å². The van der Waals surface area contributed by atoms with Crippen molar-refractivity contribution in [2.75, 3.05) is 91.9 Å². The van der Waals surface area contributed by atoms with Crippen LogP contribution in [0.5, 0.6) is 17.2 Å². The standard InChI is InChI=1S/C25H24N4O4.C24H24F2N4O5.C24H25FN4O5.C21H20FN3O/c1-15-10-23(33-29-15)20-13-21(20)25(30)28-24-12-17(4-7-27-24)16-2-3-22(18(11-16)14-26)32-19-5-8-31-9-6-19;25-24(26)13-30(23(34)19(32)12-31)8-6-21(24)35-20-4-3-15(9-16(20)11-27)18-10-17(5-7-28-18)29-22(33)14-1-2-14;25-18-12-29(24(33)20(31)13-30)8-6-22(18)34-21-4-3-15(9-16(21)11-26)19-10-17(5-7-27-19)28-23(32)14-1-2-14;22-19-12-18(19)21(26)24-17-5-3-4-14(11-17)15-6-7-20(16(10-15)13-23)25-8-1-2-9-25/h2-4,7,10-12,19-21H,5-6,8-9,13H2,1H3,(H,27,28,30);3-5,7,9-10,14,19,21,31-32H,1-2,6,8,12-13H2,(H,28,29,33);3-5,7,9-10,14,18,20,22,30-31H,1-2,6,8,12-13H2,(H,27,28,32);3-7,10-11,18-19H,1-2,8-9,12H2,(H,24,26)/t20-,21?;19-,21-;18-,20+,22+;18-,19+/m1010/s1. The second-order valence-corrected chi connectivity index (χ2v) is 32.5. The summed E-state index contributed by atoms with van der Waals surface area (Å²) in [5.74, 6) is -4.06. The molecule has 5 aromatic carbocycles. The number of nitrogens with one attached hydrogen (secondary N) is 4. The number of rotatable bonds is 24. The number of nitriles is 4. The molecule has 9 aromatic rings. The quantitative estimate of drug-likeness (QED) is 0.0260. The Hall–Kier alpha value is -13.7. The monoisotopic (exact) mass is 1750 g/mol. The molecule has 8 N–H and O–H groups in total. The fourth-order valence-corrected chi connectivity index (χ4v) is 15.2. The first-order valence-electron chi connectivity index (χ1n) is 42.3. The van der Waals surface area contributed by atoms with E-state index in [1.165, 1.54) is 18.3 Å². The van der Waals surface area contributed by atoms with Crippen molar-refractivity contribution in [3.05, 3.63) is 192 Å². The molecule has 0 radical (unpaired) electrons. The van der Waals surface area contributed by atoms with Gasteiger partial charge in [0.2, 0.25) is 23.6 Å². The number of alkyl halides is 4. The average Bonchev–Trinajstić information content (AvgIpc) is 1.70. The van der Waals surface area contributed by atoms with Gasteiger partial charge in [-0.3, -0.25) is 38.7 Å². The third-order valence-corrected chi connectivity index (χ3v) is 23.0. The van der Waals surface area contributed by atoms with Crippen LogP contribution < -0.4 is 40.4 Å². The Morgan fingerprint density at radius 1 is 0.523 bits per heavy atom. The molecule has 30 nitrogen and oxygen atoms in total. The minimum atomic E-state index is -3.44. The number of hydrogen-bond acceptors (Lipinski definition) is 24. The molecule has 4 aliphatic carbocycles. The minimum absolute atomic E-state index is 0.0157. The molecule has 662 valence electrons. The van der Waals surface area contributed by atoms with Gasteiger partial charge in [-0.1, -0.05) is 29.4 Å². The van der Waals surface area contributed by atoms with E-state index < -0.39 is 80.2 Å². The number of halogens is 4. The predicted molar refractivity (Wildman–Crippen MR) is 458 cm³/mol. The van der Waals surface area contributed by atoms with E-state index in [0.717, 1.165) is 120 Å². The lowest BCUT2D eigenvalue weighted by Gasteiger charge is -2.38. The summed E-state index contributed by atoms with van der Waals surface area (Å²) in [5.41, 5.74) is 10.8. The van der Waals surface area contributed by atoms with Crippen molar-refractivity contribution in [2.24, 2.45) is 23.7 Å². The molecule has 0 spiro atoms. The Labute approximate surface area is 734 Å². The van der Waals surface area contributed by atoms with E-state index in [4.69, 9.17) is 33.7 Å². The molecule has 6 amide bonds. The molecule has 4 aliphatic heterocycles. The Morgan fingerprint density at radius 2 is 1.03 bits per heavy atom. The highest BCUT2D eigenvalue weighted by Gasteiger charge is 2.50. The summed E-state index contributed by atoms with van der Waals surface area (Å²) < 4.78 is 85.2. The maximum atomic E-state index is 14.7. The van der Waals surface area contributed by atoms with E-state index >= 15 is 0 Å². The fourth-order valence-electron chi connectivity index (χ4n) is 15.2. The molecule has 1 unspecified atom stereocenters. The molecular weight excluding hydrogens is 1660 g/mol. The number of hydrogen-bond donors (Lipinski definition) is 8. The van der Waals surface area contributed by atoms with E-state index in [0.29, 0.717) is 81.9 Å². The van der Waals surface area contributed by atoms with E-state index in [2.05, 4.69) is 64.5 Å². The number of ether oxygens (including phenoxy) is 4. The van der Waals surface area contributed by atoms with Gasteiger partial charge >= 0.3 is 5.92 Å². The van der Waals surface area contributed by atoms with Gasteiger partial charge < -0.3 is 79.9 Å². The van der Waals surface area contributed by atoms with Crippen LogP contribution in [-0.2, 0) is 33.5 Å². The number of nitrogens with zero attached hydrogens (tertiary/aromatic N) is 11. The summed E-state index contributed by atoms with van der Waals surface area (Å²) in [6.45, 7) is 2.42. The Balaban J connectivity index is 0.000000139. The van der Waals surface area contributed by atoms with Crippen LogP contribution in [-0.4, -0.2) is 200 Å². The molecular formula is C94H93F4N15O15. The van der Waals surface area contributed by atoms with Gasteiger partial charge in [-0.15, -0.1) is 0 Å². The first-order chi connectivity index (χ1) is 61.9. The Morgan fingerprint density at radius 3 is 1.59 bits per heavy atom. The summed E-state index contributed by atoms with van der Waals surface area (Å²) >= 11 is 0. The van der Waals surface area contributed by atoms with Crippen molar-refractivity contribution in [3.8, 4) is 86.3 Å². The van der Waals surface area contributed by atoms with E-state index in [-0.39, 0.29) is 109 Å². The minimum Gasteiger partial charge on any atom is -0.489 e. The van der Waals surface area contributed by atoms with Gasteiger partial charge in [0.25, 0.3) is 11.8 Å². The van der Waals surface area contributed by atoms with Gasteiger partial charge in [0.15, 0.2) is 24.5 Å². The summed E-state index contributed by atoms with van der Waals surface area (Å²) in [7, 11) is 0. The van der Waals surface area contributed by atoms with Crippen LogP contribution in [0.25, 0.3) is 44.8 Å². The molecule has 8 fully saturated rings. The number of carbonyl (C=O) groups excluding carboxylic acids is 6. The molecule has 17 rings (SSSR count). The second kappa shape index (κ2) is 41.1. The molecule has 4 saturated heterocycles. The molecule has 128 heavy (non-hydrogen) atoms. The van der Waals surface area contributed by atoms with Crippen molar-refractivity contribution in [3.63, 3.8) is 0 Å². The lowest BCUT2D eigenvalue weighted by molar-refractivity contribution is -0.167. The third-order valence-electron chi connectivity index (χ3n) is 23.0. The number of aromatic nitrogens is 4. The Kier molecular flexibility index (Phi) is 29.1. The topological polar surface area (TPSA) is 438 Å². The largest absolute Gasteiger partial charge is 0.489 e. The fraction of sp³-hybridized carbons (Fsp3) is 0.383. The molecule has 34 heteroatoms. The van der Waals surface area contributed by atoms with Crippen molar-refractivity contribution < 1.29 is 90.2 Å². The normalized spacial score (nSPS) is 20.5. The zero-order valence-electron chi connectivity index (χ0n) is 69.7. The first-order valence-corrected chi connectivity index (χ1v) is 42.3. The summed E-state index contributed by atoms with van der Waals surface area (Å²) in [6.07, 6.45) is 4.98. The van der Waals surface area contributed by atoms with E-state index in [1.807, 2.05) is 79.7 Å². The number of aliphatic hydroxyl groups is 4. The SMILES string of the molecule is Cc1cc([C@@H]2CC2C(=O)Nc2cc(-c3ccc(OC4CCOCC4)c(C#N)c3)ccn2)on1.N#Cc1cc(-c2cc(NC(=O)C3CC3)ccn2)ccc1O[C@H]1CCN(C(=O)[C@@H](O)CO)CC1(F)F.N#Cc1cc(-c2cc(NC(=O)C3CC3)ccn2)ccc1O[C@H]1CCN(C(=O)[C@@H](O)CO)C[C@H]1F.N#Cc1cc(-c2cccc(NC(=O)[C@H]3C[C@H]3F)c2)ccc1N1CCCC1. The van der Waals surface area contributed by atoms with Crippen LogP contribution in [0.15, 0.2) is 163 Å². The highest BCUT2D eigenvalue weighted by atomic mass is 19.3. The summed E-state index contributed by atoms with van der Waals surface area (Å²) in [4.78, 5) is 89.6. The van der Waals surface area contributed by atoms with Crippen LogP contribution in [0.3, 0.4) is 0 Å². The van der Waals surface area contributed by atoms with Gasteiger partial charge in [-0.25, -0.2) is 22.5 Å². The first kappa shape index (κ1) is 90.5. The number of pyridine rings is 3. The van der Waals surface area contributed by atoms with Gasteiger partial charge in [0, 0.05) is 128 Å². The summed E-state index contributed by atoms with van der Waals surface area (Å²) in [6, 6.07) is 49.1. The van der Waals surface area contributed by atoms with Crippen LogP contribution in [0, 0.1) is 75.9 Å². The summed E-state index contributed by atoms with van der Waals surface area (Å²) in [5, 5.41) is 90.4. The van der Waals surface area contributed by atoms with Gasteiger partial charge in [-0.05, 0) is 190 Å². The molecule has 4 aromatic heterocycles. The maximum Gasteiger partial charge on any atom is 0.301 e. The zero-order chi connectivity index (χ0) is 90.3. The second-order valence-electron chi connectivity index (χ2n) is 32.5. The highest BCUT2D eigenvalue weighted by Crippen LogP contribution is 2.49. The van der Waals surface area contributed by atoms with Crippen LogP contribution in [0.4, 0.5) is 46.1 Å². The number of anilines is 5. The molecule has 0 bridgehead atoms. The predicted octanol–water partition coefficient (Wildman–Crippen LogP) is 11.9. The number of likely N-dealkylation sites (tertiary alicyclic amines) is 2. The zero-order valence-corrected chi connectivity index (χ0v) is 69.7. The number of piperidine rings is 2. The van der Waals surface area contributed by atoms with E-state index in [1.54, 1.807) is 73.1 Å².